The Hall–Kier alpha value is -3.28. The normalized spacial score (nSPS) is 16.5. The average molecular weight is 387 g/mol. The van der Waals surface area contributed by atoms with Gasteiger partial charge in [-0.3, -0.25) is 9.78 Å². The maximum atomic E-state index is 13.3. The zero-order valence-corrected chi connectivity index (χ0v) is 16.8. The van der Waals surface area contributed by atoms with Crippen molar-refractivity contribution in [1.82, 2.24) is 19.9 Å². The molecule has 0 radical (unpaired) electrons. The molecule has 0 unspecified atom stereocenters. The van der Waals surface area contributed by atoms with Crippen LogP contribution < -0.4 is 4.90 Å². The fourth-order valence-corrected chi connectivity index (χ4v) is 3.81. The molecule has 0 N–H and O–H groups in total. The molecule has 0 spiro atoms. The smallest absolute Gasteiger partial charge is 0.254 e. The first-order valence-electron chi connectivity index (χ1n) is 9.96. The van der Waals surface area contributed by atoms with E-state index >= 15 is 0 Å². The molecule has 1 aromatic carbocycles. The first kappa shape index (κ1) is 19.1. The van der Waals surface area contributed by atoms with E-state index < -0.39 is 0 Å². The van der Waals surface area contributed by atoms with Crippen LogP contribution >= 0.6 is 0 Å². The largest absolute Gasteiger partial charge is 0.347 e. The van der Waals surface area contributed by atoms with Gasteiger partial charge in [0.15, 0.2) is 0 Å². The zero-order valence-electron chi connectivity index (χ0n) is 16.8. The van der Waals surface area contributed by atoms with Crippen molar-refractivity contribution in [3.05, 3.63) is 72.3 Å². The predicted octanol–water partition coefficient (Wildman–Crippen LogP) is 3.97. The van der Waals surface area contributed by atoms with Gasteiger partial charge in [0.1, 0.15) is 0 Å². The maximum absolute atomic E-state index is 13.3. The molecule has 4 rings (SSSR count). The van der Waals surface area contributed by atoms with Crippen molar-refractivity contribution < 1.29 is 4.79 Å². The van der Waals surface area contributed by atoms with E-state index in [1.165, 1.54) is 0 Å². The molecule has 1 aliphatic rings. The summed E-state index contributed by atoms with van der Waals surface area (Å²) in [5, 5.41) is 0. The third kappa shape index (κ3) is 3.97. The molecule has 1 aliphatic heterocycles. The van der Waals surface area contributed by atoms with Crippen LogP contribution in [0.3, 0.4) is 0 Å². The van der Waals surface area contributed by atoms with Crippen LogP contribution in [0.15, 0.2) is 61.1 Å². The molecule has 3 heterocycles. The van der Waals surface area contributed by atoms with Crippen molar-refractivity contribution in [1.29, 1.82) is 0 Å². The standard InChI is InChI=1S/C23H25N5O/c1-27(2)23-25-16-19(17-11-13-24-14-12-17)21(26-23)20-10-6-7-15-28(20)22(29)18-8-4-3-5-9-18/h3-5,8-9,11-14,16,20H,6-7,10,15H2,1-2H3/t20-/m0/s1. The molecule has 148 valence electrons. The number of nitrogens with zero attached hydrogens (tertiary/aromatic N) is 5. The Morgan fingerprint density at radius 2 is 1.83 bits per heavy atom. The van der Waals surface area contributed by atoms with Crippen LogP contribution in [-0.4, -0.2) is 46.4 Å². The van der Waals surface area contributed by atoms with E-state index in [2.05, 4.69) is 9.97 Å². The van der Waals surface area contributed by atoms with Gasteiger partial charge >= 0.3 is 0 Å². The molecule has 3 aromatic rings. The third-order valence-electron chi connectivity index (χ3n) is 5.30. The highest BCUT2D eigenvalue weighted by Gasteiger charge is 2.32. The summed E-state index contributed by atoms with van der Waals surface area (Å²) in [6, 6.07) is 13.3. The highest BCUT2D eigenvalue weighted by Crippen LogP contribution is 2.37. The summed E-state index contributed by atoms with van der Waals surface area (Å²) in [4.78, 5) is 30.7. The van der Waals surface area contributed by atoms with Crippen molar-refractivity contribution >= 4 is 11.9 Å². The van der Waals surface area contributed by atoms with E-state index in [0.717, 1.165) is 42.6 Å². The Morgan fingerprint density at radius 3 is 2.55 bits per heavy atom. The van der Waals surface area contributed by atoms with Gasteiger partial charge in [-0.2, -0.15) is 0 Å². The number of hydrogen-bond donors (Lipinski definition) is 0. The Labute approximate surface area is 171 Å². The molecule has 1 atom stereocenters. The van der Waals surface area contributed by atoms with Gasteiger partial charge in [-0.15, -0.1) is 0 Å². The van der Waals surface area contributed by atoms with Gasteiger partial charge in [-0.1, -0.05) is 18.2 Å². The van der Waals surface area contributed by atoms with Gasteiger partial charge in [0.25, 0.3) is 5.91 Å². The highest BCUT2D eigenvalue weighted by molar-refractivity contribution is 5.94. The molecule has 0 bridgehead atoms. The second kappa shape index (κ2) is 8.39. The number of anilines is 1. The summed E-state index contributed by atoms with van der Waals surface area (Å²) in [7, 11) is 3.86. The van der Waals surface area contributed by atoms with Crippen molar-refractivity contribution in [3.63, 3.8) is 0 Å². The van der Waals surface area contributed by atoms with E-state index in [4.69, 9.17) is 4.98 Å². The summed E-state index contributed by atoms with van der Waals surface area (Å²) in [5.41, 5.74) is 3.58. The monoisotopic (exact) mass is 387 g/mol. The van der Waals surface area contributed by atoms with E-state index in [0.29, 0.717) is 11.5 Å². The number of aromatic nitrogens is 3. The number of amides is 1. The number of carbonyl (C=O) groups is 1. The van der Waals surface area contributed by atoms with Crippen LogP contribution in [0.25, 0.3) is 11.1 Å². The molecule has 0 aliphatic carbocycles. The van der Waals surface area contributed by atoms with E-state index in [1.807, 2.05) is 72.6 Å². The second-order valence-electron chi connectivity index (χ2n) is 7.48. The molecule has 0 saturated carbocycles. The van der Waals surface area contributed by atoms with Crippen LogP contribution in [0.4, 0.5) is 5.95 Å². The summed E-state index contributed by atoms with van der Waals surface area (Å²) < 4.78 is 0. The van der Waals surface area contributed by atoms with Gasteiger partial charge in [-0.05, 0) is 49.1 Å². The van der Waals surface area contributed by atoms with Crippen molar-refractivity contribution in [2.45, 2.75) is 25.3 Å². The summed E-state index contributed by atoms with van der Waals surface area (Å²) >= 11 is 0. The minimum atomic E-state index is -0.0821. The number of likely N-dealkylation sites (tertiary alicyclic amines) is 1. The maximum Gasteiger partial charge on any atom is 0.254 e. The molecule has 1 saturated heterocycles. The minimum absolute atomic E-state index is 0.0565. The van der Waals surface area contributed by atoms with E-state index in [9.17, 15) is 4.79 Å². The summed E-state index contributed by atoms with van der Waals surface area (Å²) in [6.45, 7) is 0.732. The Morgan fingerprint density at radius 1 is 1.07 bits per heavy atom. The predicted molar refractivity (Wildman–Crippen MR) is 114 cm³/mol. The number of benzene rings is 1. The summed E-state index contributed by atoms with van der Waals surface area (Å²) in [5.74, 6) is 0.705. The van der Waals surface area contributed by atoms with Crippen molar-refractivity contribution in [2.24, 2.45) is 0 Å². The zero-order chi connectivity index (χ0) is 20.2. The van der Waals surface area contributed by atoms with Crippen LogP contribution in [0.2, 0.25) is 0 Å². The van der Waals surface area contributed by atoms with E-state index in [1.54, 1.807) is 12.4 Å². The number of piperidine rings is 1. The third-order valence-corrected chi connectivity index (χ3v) is 5.30. The minimum Gasteiger partial charge on any atom is -0.347 e. The quantitative estimate of drug-likeness (QED) is 0.678. The Bertz CT molecular complexity index is 975. The Balaban J connectivity index is 1.80. The van der Waals surface area contributed by atoms with Crippen LogP contribution in [0, 0.1) is 0 Å². The van der Waals surface area contributed by atoms with E-state index in [-0.39, 0.29) is 11.9 Å². The fraction of sp³-hybridized carbons (Fsp3) is 0.304. The molecule has 6 heteroatoms. The lowest BCUT2D eigenvalue weighted by atomic mass is 9.93. The van der Waals surface area contributed by atoms with Crippen LogP contribution in [0.5, 0.6) is 0 Å². The van der Waals surface area contributed by atoms with Gasteiger partial charge in [0.05, 0.1) is 11.7 Å². The number of rotatable bonds is 4. The highest BCUT2D eigenvalue weighted by atomic mass is 16.2. The van der Waals surface area contributed by atoms with Gasteiger partial charge < -0.3 is 9.80 Å². The molecule has 6 nitrogen and oxygen atoms in total. The topological polar surface area (TPSA) is 62.2 Å². The lowest BCUT2D eigenvalue weighted by Crippen LogP contribution is -2.39. The molecule has 1 fully saturated rings. The molecule has 2 aromatic heterocycles. The molecule has 29 heavy (non-hydrogen) atoms. The molecule has 1 amide bonds. The first-order chi connectivity index (χ1) is 14.1. The second-order valence-corrected chi connectivity index (χ2v) is 7.48. The van der Waals surface area contributed by atoms with Crippen molar-refractivity contribution in [3.8, 4) is 11.1 Å². The van der Waals surface area contributed by atoms with Crippen LogP contribution in [0.1, 0.15) is 41.4 Å². The SMILES string of the molecule is CN(C)c1ncc(-c2ccncc2)c([C@@H]2CCCCN2C(=O)c2ccccc2)n1. The Kier molecular flexibility index (Phi) is 5.51. The number of pyridine rings is 1. The first-order valence-corrected chi connectivity index (χ1v) is 9.96. The number of hydrogen-bond acceptors (Lipinski definition) is 5. The number of carbonyl (C=O) groups excluding carboxylic acids is 1. The molecular weight excluding hydrogens is 362 g/mol. The lowest BCUT2D eigenvalue weighted by Gasteiger charge is -2.36. The lowest BCUT2D eigenvalue weighted by molar-refractivity contribution is 0.0607. The van der Waals surface area contributed by atoms with Gasteiger partial charge in [0, 0.05) is 50.4 Å². The van der Waals surface area contributed by atoms with Crippen LogP contribution in [-0.2, 0) is 0 Å². The van der Waals surface area contributed by atoms with Gasteiger partial charge in [0.2, 0.25) is 5.95 Å². The molecular formula is C23H25N5O. The fourth-order valence-electron chi connectivity index (χ4n) is 3.81. The van der Waals surface area contributed by atoms with Crippen molar-refractivity contribution in [2.75, 3.05) is 25.5 Å². The summed E-state index contributed by atoms with van der Waals surface area (Å²) in [6.07, 6.45) is 8.37. The average Bonchev–Trinajstić information content (AvgIpc) is 2.79. The van der Waals surface area contributed by atoms with Gasteiger partial charge in [-0.25, -0.2) is 9.97 Å².